The number of amidine groups is 4. The first kappa shape index (κ1) is 112. The van der Waals surface area contributed by atoms with E-state index in [1.54, 1.807) is 66.2 Å². The van der Waals surface area contributed by atoms with Crippen LogP contribution < -0.4 is 61.5 Å². The summed E-state index contributed by atoms with van der Waals surface area (Å²) in [6.45, 7) is 4.46. The molecule has 15 rings (SSSR count). The Kier molecular flexibility index (Phi) is 36.6. The van der Waals surface area contributed by atoms with Crippen LogP contribution in [0.4, 0.5) is 98.7 Å². The normalized spacial score (nSPS) is 12.5. The third-order valence-electron chi connectivity index (χ3n) is 20.4. The van der Waals surface area contributed by atoms with E-state index in [2.05, 4.69) is 91.6 Å². The smallest absolute Gasteiger partial charge is 0.494 e. The van der Waals surface area contributed by atoms with E-state index in [1.165, 1.54) is 106 Å². The Bertz CT molecular complexity index is 7220. The molecule has 3 aliphatic heterocycles. The number of rotatable bonds is 24. The number of likely N-dealkylation sites (tertiary alicyclic amines) is 1. The Balaban J connectivity index is 0.000000175. The summed E-state index contributed by atoms with van der Waals surface area (Å²) >= 11 is 53.6. The minimum Gasteiger partial charge on any atom is -0.494 e. The number of amides is 8. The molecule has 0 bridgehead atoms. The molecule has 3 saturated heterocycles. The van der Waals surface area contributed by atoms with Gasteiger partial charge < -0.3 is 81.1 Å². The van der Waals surface area contributed by atoms with Crippen molar-refractivity contribution in [2.75, 3.05) is 117 Å². The molecule has 0 unspecified atom stereocenters. The number of benzene rings is 8. The first-order chi connectivity index (χ1) is 69.9. The van der Waals surface area contributed by atoms with Gasteiger partial charge in [0.05, 0.1) is 99.5 Å². The van der Waals surface area contributed by atoms with E-state index in [-0.39, 0.29) is 109 Å². The number of aromatic nitrogens is 4. The Morgan fingerprint density at radius 1 is 0.331 bits per heavy atom. The summed E-state index contributed by atoms with van der Waals surface area (Å²) in [6.07, 6.45) is -9.64. The molecule has 8 amide bonds. The van der Waals surface area contributed by atoms with Crippen LogP contribution in [-0.4, -0.2) is 204 Å². The predicted octanol–water partition coefficient (Wildman–Crippen LogP) is 22.6. The topological polar surface area (TPSA) is 406 Å². The molecular formula is C95H71Cl9F12N20O12. The van der Waals surface area contributed by atoms with Crippen LogP contribution in [0.15, 0.2) is 205 Å². The molecule has 12 aromatic rings. The maximum absolute atomic E-state index is 14.9. The van der Waals surface area contributed by atoms with Crippen molar-refractivity contribution in [3.05, 3.63) is 324 Å². The van der Waals surface area contributed by atoms with Crippen LogP contribution in [0.1, 0.15) is 112 Å². The van der Waals surface area contributed by atoms with Gasteiger partial charge in [-0.1, -0.05) is 129 Å². The molecular weight excluding hydrogens is 2160 g/mol. The van der Waals surface area contributed by atoms with Gasteiger partial charge in [-0.2, -0.15) is 0 Å². The molecule has 53 heteroatoms. The molecule has 770 valence electrons. The fourth-order valence-electron chi connectivity index (χ4n) is 13.4. The van der Waals surface area contributed by atoms with Crippen molar-refractivity contribution >= 4 is 221 Å². The molecule has 0 radical (unpaired) electrons. The zero-order valence-electron chi connectivity index (χ0n) is 76.2. The monoisotopic (exact) mass is 2230 g/mol. The summed E-state index contributed by atoms with van der Waals surface area (Å²) in [5.74, 6) is -11.7. The third-order valence-corrected chi connectivity index (χ3v) is 22.5. The van der Waals surface area contributed by atoms with Gasteiger partial charge in [0.15, 0.2) is 17.2 Å². The van der Waals surface area contributed by atoms with Gasteiger partial charge in [-0.3, -0.25) is 59.2 Å². The average Bonchev–Trinajstić information content (AvgIpc) is 1.06. The molecule has 7 heterocycles. The zero-order valence-corrected chi connectivity index (χ0v) is 83.0. The fraction of sp³-hybridized carbons (Fsp3) is 0.158. The van der Waals surface area contributed by atoms with E-state index in [1.807, 2.05) is 0 Å². The van der Waals surface area contributed by atoms with E-state index in [9.17, 15) is 91.0 Å². The molecule has 8 aromatic carbocycles. The van der Waals surface area contributed by atoms with Gasteiger partial charge in [-0.25, -0.2) is 33.1 Å². The minimum atomic E-state index is -5.21. The van der Waals surface area contributed by atoms with Gasteiger partial charge in [-0.15, -0.1) is 39.5 Å². The third kappa shape index (κ3) is 30.4. The molecule has 0 aliphatic carbocycles. The predicted molar refractivity (Wildman–Crippen MR) is 535 cm³/mol. The van der Waals surface area contributed by atoms with Crippen LogP contribution in [0.5, 0.6) is 23.0 Å². The second-order valence-electron chi connectivity index (χ2n) is 31.0. The summed E-state index contributed by atoms with van der Waals surface area (Å²) < 4.78 is 180. The van der Waals surface area contributed by atoms with Gasteiger partial charge in [0.1, 0.15) is 69.8 Å². The minimum absolute atomic E-state index is 0.000394. The van der Waals surface area contributed by atoms with Crippen LogP contribution in [0.25, 0.3) is 0 Å². The number of aliphatic imine (C=N–C) groups is 2. The fourth-order valence-corrected chi connectivity index (χ4v) is 15.0. The van der Waals surface area contributed by atoms with E-state index < -0.39 is 151 Å². The number of carbonyl (C=O) groups is 8. The van der Waals surface area contributed by atoms with E-state index in [0.717, 1.165) is 104 Å². The summed E-state index contributed by atoms with van der Waals surface area (Å²) in [5, 5.41) is 35.7. The largest absolute Gasteiger partial charge is 0.573 e. The maximum Gasteiger partial charge on any atom is 0.573 e. The number of carbonyl (C=O) groups excluding carboxylic acids is 8. The van der Waals surface area contributed by atoms with Crippen molar-refractivity contribution in [3.63, 3.8) is 0 Å². The standard InChI is InChI=1S/C24H20Cl3N5O3.C24H17Cl2F4N5O3.C24H19Cl2F4N5O3.C23H15Cl2F4N5O3/c1-28-22(32-7-8-32)13-3-5-16(18(27)9-13)23(33)31-21-17(10-15(26)11-19(21)35-2)24(34)30-20-6-4-14(25)12-29-20;25-13-3-5-19(32-11-13)33-23(37)16-9-14(26)10-18(38-24(28,29)30)20(16)34-22(36)15-4-2-12(8-17(15)27)21(31)35-6-1-7-35;1-31-21(35(2)3)12-4-6-15(17(27)8-12)22(36)34-20-16(9-14(26)10-18(20)38-24(28,29)30)23(37)33-19-7-5-13(25)11-32-19;24-12-2-4-18(31-10-12)32-22(36)15-8-13(25)9-17(37-23(27,28)29)19(15)33-21(35)14-3-1-11(7-16(14)26)20(30)34-5-6-34/h3-6,9-12H,7-8H2,1-2H3,(H,31,33)(H,29,30,34);2-5,8-11,31H,1,6-7H2,(H,34,36)(H,32,33,37);4-11H,1-3H3,(H,34,36)(H,32,33,37);1-4,7-10,30H,5-6H2,(H,33,35)(H,31,32,36). The van der Waals surface area contributed by atoms with Crippen LogP contribution in [0.3, 0.4) is 0 Å². The Hall–Kier alpha value is -15.0. The van der Waals surface area contributed by atoms with Crippen molar-refractivity contribution in [1.82, 2.24) is 39.5 Å². The summed E-state index contributed by atoms with van der Waals surface area (Å²) in [7, 11) is 8.00. The Labute approximate surface area is 875 Å². The van der Waals surface area contributed by atoms with E-state index in [0.29, 0.717) is 42.6 Å². The van der Waals surface area contributed by atoms with Crippen molar-refractivity contribution in [2.45, 2.75) is 25.5 Å². The SMILES string of the molecule is CN=C(c1ccc(C(=O)Nc2c(OC(F)(F)F)cc(Cl)cc2C(=O)Nc2ccc(Cl)cn2)c(F)c1)N(C)C.CN=C(c1ccc(C(=O)Nc2c(OC)cc(Cl)cc2C(=O)Nc2ccc(Cl)cn2)c(Cl)c1)N1CC1.N=C(c1ccc(C(=O)Nc2c(OC(F)(F)F)cc(Cl)cc2C(=O)Nc2ccc(Cl)cn2)c(F)c1)N1CC1.N=C(c1ccc(C(=O)Nc2c(OC(F)(F)F)cc(Cl)cc2C(=O)Nc2ccc(Cl)cn2)c(F)c1)N1CCC1. The first-order valence-corrected chi connectivity index (χ1v) is 45.7. The Morgan fingerprint density at radius 2 is 0.608 bits per heavy atom. The van der Waals surface area contributed by atoms with Crippen molar-refractivity contribution in [3.8, 4) is 23.0 Å². The number of anilines is 8. The molecule has 3 aliphatic rings. The first-order valence-electron chi connectivity index (χ1n) is 42.3. The van der Waals surface area contributed by atoms with Gasteiger partial charge in [0, 0.05) is 159 Å². The number of pyridine rings is 4. The molecule has 148 heavy (non-hydrogen) atoms. The van der Waals surface area contributed by atoms with Gasteiger partial charge in [-0.05, 0) is 128 Å². The van der Waals surface area contributed by atoms with Crippen molar-refractivity contribution < 1.29 is 110 Å². The highest BCUT2D eigenvalue weighted by Gasteiger charge is 2.39. The van der Waals surface area contributed by atoms with Crippen LogP contribution in [-0.2, 0) is 0 Å². The number of halogens is 21. The number of hydrogen-bond donors (Lipinski definition) is 10. The van der Waals surface area contributed by atoms with Gasteiger partial charge >= 0.3 is 19.1 Å². The van der Waals surface area contributed by atoms with Crippen LogP contribution >= 0.6 is 104 Å². The number of hydrogen-bond acceptors (Lipinski definition) is 20. The second kappa shape index (κ2) is 48.5. The molecule has 0 spiro atoms. The summed E-state index contributed by atoms with van der Waals surface area (Å²) in [6, 6.07) is 35.0. The number of methoxy groups -OCH3 is 1. The molecule has 32 nitrogen and oxygen atoms in total. The van der Waals surface area contributed by atoms with Crippen molar-refractivity contribution in [2.24, 2.45) is 9.98 Å². The van der Waals surface area contributed by atoms with Crippen LogP contribution in [0, 0.1) is 28.3 Å². The van der Waals surface area contributed by atoms with Crippen LogP contribution in [0.2, 0.25) is 45.2 Å². The quantitative estimate of drug-likeness (QED) is 0.0116. The lowest BCUT2D eigenvalue weighted by Gasteiger charge is -2.33. The summed E-state index contributed by atoms with van der Waals surface area (Å²) in [5.41, 5.74) is -3.21. The van der Waals surface area contributed by atoms with Gasteiger partial charge in [0.25, 0.3) is 47.3 Å². The maximum atomic E-state index is 14.9. The van der Waals surface area contributed by atoms with Crippen molar-refractivity contribution in [1.29, 1.82) is 10.8 Å². The second-order valence-corrected chi connectivity index (χ2v) is 34.9. The Morgan fingerprint density at radius 3 is 0.865 bits per heavy atom. The average molecular weight is 2230 g/mol. The van der Waals surface area contributed by atoms with E-state index in [4.69, 9.17) is 120 Å². The molecule has 0 saturated carbocycles. The highest BCUT2D eigenvalue weighted by molar-refractivity contribution is 6.37. The lowest BCUT2D eigenvalue weighted by Crippen LogP contribution is -2.42. The number of ether oxygens (including phenoxy) is 4. The number of nitrogens with one attached hydrogen (secondary N) is 10. The molecule has 4 aromatic heterocycles. The lowest BCUT2D eigenvalue weighted by molar-refractivity contribution is -0.275. The highest BCUT2D eigenvalue weighted by Crippen LogP contribution is 2.43. The summed E-state index contributed by atoms with van der Waals surface area (Å²) in [4.78, 5) is 135. The number of nitrogens with zero attached hydrogens (tertiary/aromatic N) is 10. The van der Waals surface area contributed by atoms with E-state index >= 15 is 0 Å². The molecule has 10 N–H and O–H groups in total. The molecule has 0 atom stereocenters. The number of alkyl halides is 9. The lowest BCUT2D eigenvalue weighted by atomic mass is 10.1. The molecule has 3 fully saturated rings. The highest BCUT2D eigenvalue weighted by atomic mass is 35.5. The van der Waals surface area contributed by atoms with Gasteiger partial charge in [0.2, 0.25) is 0 Å². The zero-order chi connectivity index (χ0) is 108.